The number of aromatic amines is 1. The number of nitrogens with one attached hydrogen (secondary N) is 1. The van der Waals surface area contributed by atoms with E-state index in [2.05, 4.69) is 9.97 Å². The van der Waals surface area contributed by atoms with E-state index in [-0.39, 0.29) is 18.5 Å². The zero-order chi connectivity index (χ0) is 16.7. The SMILES string of the molecule is CC(C)Oc1ccc2nc(-c3ccc4c(c3)OCO4)[nH]c(=O)c2c1. The molecule has 3 aromatic rings. The van der Waals surface area contributed by atoms with Crippen LogP contribution in [-0.2, 0) is 0 Å². The molecular weight excluding hydrogens is 308 g/mol. The summed E-state index contributed by atoms with van der Waals surface area (Å²) in [4.78, 5) is 19.8. The third-order valence-electron chi connectivity index (χ3n) is 3.69. The smallest absolute Gasteiger partial charge is 0.259 e. The molecule has 2 aromatic carbocycles. The zero-order valence-electron chi connectivity index (χ0n) is 13.3. The highest BCUT2D eigenvalue weighted by atomic mass is 16.7. The van der Waals surface area contributed by atoms with Gasteiger partial charge in [-0.15, -0.1) is 0 Å². The Morgan fingerprint density at radius 3 is 2.79 bits per heavy atom. The van der Waals surface area contributed by atoms with Gasteiger partial charge in [-0.25, -0.2) is 4.98 Å². The summed E-state index contributed by atoms with van der Waals surface area (Å²) >= 11 is 0. The largest absolute Gasteiger partial charge is 0.491 e. The lowest BCUT2D eigenvalue weighted by atomic mass is 10.1. The second-order valence-electron chi connectivity index (χ2n) is 5.83. The Kier molecular flexibility index (Phi) is 3.37. The van der Waals surface area contributed by atoms with Gasteiger partial charge >= 0.3 is 0 Å². The molecule has 0 bridgehead atoms. The Bertz CT molecular complexity index is 978. The van der Waals surface area contributed by atoms with E-state index in [9.17, 15) is 4.79 Å². The molecule has 0 radical (unpaired) electrons. The first-order valence-corrected chi connectivity index (χ1v) is 7.71. The molecule has 0 fully saturated rings. The second kappa shape index (κ2) is 5.56. The van der Waals surface area contributed by atoms with Gasteiger partial charge in [0.15, 0.2) is 11.5 Å². The van der Waals surface area contributed by atoms with Crippen molar-refractivity contribution in [2.24, 2.45) is 0 Å². The summed E-state index contributed by atoms with van der Waals surface area (Å²) in [6.45, 7) is 4.09. The molecule has 2 heterocycles. The van der Waals surface area contributed by atoms with Crippen LogP contribution in [0.25, 0.3) is 22.3 Å². The molecule has 0 saturated heterocycles. The van der Waals surface area contributed by atoms with Gasteiger partial charge in [0.05, 0.1) is 17.0 Å². The second-order valence-corrected chi connectivity index (χ2v) is 5.83. The molecule has 0 unspecified atom stereocenters. The van der Waals surface area contributed by atoms with E-state index in [1.165, 1.54) is 0 Å². The third kappa shape index (κ3) is 2.56. The summed E-state index contributed by atoms with van der Waals surface area (Å²) in [6.07, 6.45) is 0.0439. The van der Waals surface area contributed by atoms with Gasteiger partial charge in [-0.3, -0.25) is 4.79 Å². The van der Waals surface area contributed by atoms with E-state index in [1.54, 1.807) is 18.2 Å². The molecule has 1 aliphatic rings. The minimum atomic E-state index is -0.207. The van der Waals surface area contributed by atoms with E-state index in [1.807, 2.05) is 32.0 Å². The lowest BCUT2D eigenvalue weighted by Crippen LogP contribution is -2.11. The van der Waals surface area contributed by atoms with Gasteiger partial charge in [0, 0.05) is 5.56 Å². The molecule has 122 valence electrons. The van der Waals surface area contributed by atoms with Crippen LogP contribution in [0.1, 0.15) is 13.8 Å². The van der Waals surface area contributed by atoms with E-state index in [0.717, 1.165) is 5.56 Å². The number of benzene rings is 2. The Morgan fingerprint density at radius 1 is 1.12 bits per heavy atom. The monoisotopic (exact) mass is 324 g/mol. The fraction of sp³-hybridized carbons (Fsp3) is 0.222. The molecule has 0 saturated carbocycles. The molecule has 1 N–H and O–H groups in total. The van der Waals surface area contributed by atoms with Gasteiger partial charge in [-0.05, 0) is 50.2 Å². The standard InChI is InChI=1S/C18H16N2O4/c1-10(2)24-12-4-5-14-13(8-12)18(21)20-17(19-14)11-3-6-15-16(7-11)23-9-22-15/h3-8,10H,9H2,1-2H3,(H,19,20,21). The summed E-state index contributed by atoms with van der Waals surface area (Å²) in [6, 6.07) is 10.8. The number of aromatic nitrogens is 2. The minimum Gasteiger partial charge on any atom is -0.491 e. The topological polar surface area (TPSA) is 73.4 Å². The molecule has 0 aliphatic carbocycles. The zero-order valence-corrected chi connectivity index (χ0v) is 13.3. The van der Waals surface area contributed by atoms with Crippen molar-refractivity contribution >= 4 is 10.9 Å². The van der Waals surface area contributed by atoms with Gasteiger partial charge in [-0.1, -0.05) is 0 Å². The number of rotatable bonds is 3. The van der Waals surface area contributed by atoms with E-state index < -0.39 is 0 Å². The van der Waals surface area contributed by atoms with Gasteiger partial charge in [0.2, 0.25) is 6.79 Å². The first kappa shape index (κ1) is 14.6. The lowest BCUT2D eigenvalue weighted by Gasteiger charge is -2.10. The highest BCUT2D eigenvalue weighted by molar-refractivity contribution is 5.81. The Balaban J connectivity index is 1.79. The third-order valence-corrected chi connectivity index (χ3v) is 3.69. The number of fused-ring (bicyclic) bond motifs is 2. The van der Waals surface area contributed by atoms with Gasteiger partial charge in [-0.2, -0.15) is 0 Å². The highest BCUT2D eigenvalue weighted by Gasteiger charge is 2.15. The van der Waals surface area contributed by atoms with Gasteiger partial charge < -0.3 is 19.2 Å². The highest BCUT2D eigenvalue weighted by Crippen LogP contribution is 2.35. The van der Waals surface area contributed by atoms with E-state index in [4.69, 9.17) is 14.2 Å². The summed E-state index contributed by atoms with van der Waals surface area (Å²) in [5, 5.41) is 0.498. The van der Waals surface area contributed by atoms with Crippen molar-refractivity contribution in [3.8, 4) is 28.6 Å². The lowest BCUT2D eigenvalue weighted by molar-refractivity contribution is 0.174. The normalized spacial score (nSPS) is 12.8. The molecule has 1 aromatic heterocycles. The fourth-order valence-electron chi connectivity index (χ4n) is 2.64. The summed E-state index contributed by atoms with van der Waals surface area (Å²) in [7, 11) is 0. The van der Waals surface area contributed by atoms with Crippen LogP contribution in [0.3, 0.4) is 0 Å². The van der Waals surface area contributed by atoms with Crippen molar-refractivity contribution in [2.75, 3.05) is 6.79 Å². The van der Waals surface area contributed by atoms with Crippen LogP contribution in [0.2, 0.25) is 0 Å². The van der Waals surface area contributed by atoms with Crippen molar-refractivity contribution in [3.63, 3.8) is 0 Å². The first-order valence-electron chi connectivity index (χ1n) is 7.71. The maximum absolute atomic E-state index is 12.4. The number of ether oxygens (including phenoxy) is 3. The molecule has 0 amide bonds. The predicted octanol–water partition coefficient (Wildman–Crippen LogP) is 3.11. The van der Waals surface area contributed by atoms with Crippen LogP contribution in [0.5, 0.6) is 17.2 Å². The number of hydrogen-bond donors (Lipinski definition) is 1. The quantitative estimate of drug-likeness (QED) is 0.801. The number of hydrogen-bond acceptors (Lipinski definition) is 5. The molecule has 6 nitrogen and oxygen atoms in total. The molecule has 6 heteroatoms. The molecule has 0 atom stereocenters. The average molecular weight is 324 g/mol. The minimum absolute atomic E-state index is 0.0439. The van der Waals surface area contributed by atoms with Crippen molar-refractivity contribution in [1.29, 1.82) is 0 Å². The average Bonchev–Trinajstić information content (AvgIpc) is 3.02. The number of H-pyrrole nitrogens is 1. The molecule has 4 rings (SSSR count). The van der Waals surface area contributed by atoms with E-state index >= 15 is 0 Å². The summed E-state index contributed by atoms with van der Waals surface area (Å²) in [5.41, 5.74) is 1.17. The molecular formula is C18H16N2O4. The molecule has 0 spiro atoms. The van der Waals surface area contributed by atoms with Crippen LogP contribution >= 0.6 is 0 Å². The molecule has 24 heavy (non-hydrogen) atoms. The van der Waals surface area contributed by atoms with Gasteiger partial charge in [0.1, 0.15) is 11.6 Å². The van der Waals surface area contributed by atoms with E-state index in [0.29, 0.717) is 34.0 Å². The Labute approximate surface area is 138 Å². The van der Waals surface area contributed by atoms with Crippen molar-refractivity contribution in [3.05, 3.63) is 46.8 Å². The van der Waals surface area contributed by atoms with Crippen LogP contribution in [0, 0.1) is 0 Å². The van der Waals surface area contributed by atoms with Crippen LogP contribution in [-0.4, -0.2) is 22.9 Å². The summed E-state index contributed by atoms with van der Waals surface area (Å²) in [5.74, 6) is 2.48. The number of nitrogens with zero attached hydrogens (tertiary/aromatic N) is 1. The maximum atomic E-state index is 12.4. The summed E-state index contributed by atoms with van der Waals surface area (Å²) < 4.78 is 16.3. The van der Waals surface area contributed by atoms with Crippen molar-refractivity contribution < 1.29 is 14.2 Å². The van der Waals surface area contributed by atoms with Crippen LogP contribution in [0.4, 0.5) is 0 Å². The van der Waals surface area contributed by atoms with Gasteiger partial charge in [0.25, 0.3) is 5.56 Å². The van der Waals surface area contributed by atoms with Crippen molar-refractivity contribution in [2.45, 2.75) is 20.0 Å². The van der Waals surface area contributed by atoms with Crippen LogP contribution < -0.4 is 19.8 Å². The van der Waals surface area contributed by atoms with Crippen LogP contribution in [0.15, 0.2) is 41.2 Å². The predicted molar refractivity (Wildman–Crippen MR) is 89.7 cm³/mol. The Hall–Kier alpha value is -3.02. The Morgan fingerprint density at radius 2 is 1.96 bits per heavy atom. The maximum Gasteiger partial charge on any atom is 0.259 e. The molecule has 1 aliphatic heterocycles. The fourth-order valence-corrected chi connectivity index (χ4v) is 2.64. The van der Waals surface area contributed by atoms with Crippen molar-refractivity contribution in [1.82, 2.24) is 9.97 Å². The first-order chi connectivity index (χ1) is 11.6.